The minimum absolute atomic E-state index is 0.0494. The van der Waals surface area contributed by atoms with E-state index in [0.29, 0.717) is 12.3 Å². The second-order valence-electron chi connectivity index (χ2n) is 4.88. The van der Waals surface area contributed by atoms with Crippen LogP contribution in [0.15, 0.2) is 0 Å². The first-order valence-electron chi connectivity index (χ1n) is 5.81. The van der Waals surface area contributed by atoms with Crippen LogP contribution in [0.1, 0.15) is 33.1 Å². The summed E-state index contributed by atoms with van der Waals surface area (Å²) in [5.41, 5.74) is 0. The maximum absolute atomic E-state index is 11.7. The van der Waals surface area contributed by atoms with Gasteiger partial charge in [0.2, 0.25) is 0 Å². The van der Waals surface area contributed by atoms with Crippen LogP contribution in [-0.4, -0.2) is 40.2 Å². The van der Waals surface area contributed by atoms with Gasteiger partial charge in [0.25, 0.3) is 10.1 Å². The fourth-order valence-corrected chi connectivity index (χ4v) is 5.68. The van der Waals surface area contributed by atoms with Crippen molar-refractivity contribution < 1.29 is 21.0 Å². The molecule has 7 heteroatoms. The van der Waals surface area contributed by atoms with Crippen LogP contribution < -0.4 is 0 Å². The monoisotopic (exact) mass is 284 g/mol. The van der Waals surface area contributed by atoms with E-state index in [4.69, 9.17) is 4.18 Å². The summed E-state index contributed by atoms with van der Waals surface area (Å²) in [6.07, 6.45) is 1.74. The van der Waals surface area contributed by atoms with Gasteiger partial charge in [0.05, 0.1) is 18.1 Å². The molecule has 0 aromatic rings. The Hall–Kier alpha value is -0.140. The third-order valence-electron chi connectivity index (χ3n) is 2.77. The Kier molecular flexibility index (Phi) is 4.97. The molecule has 1 heterocycles. The standard InChI is InChI=1S/C10H20O5S2/c1-9(2)4-3-6-15-17(13,14)10-5-7-16(11,12)8-10/h9-10H,3-8H2,1-2H3/t10-/m0/s1. The zero-order chi connectivity index (χ0) is 13.1. The van der Waals surface area contributed by atoms with Gasteiger partial charge in [-0.25, -0.2) is 8.42 Å². The van der Waals surface area contributed by atoms with Crippen LogP contribution in [0.5, 0.6) is 0 Å². The van der Waals surface area contributed by atoms with Crippen molar-refractivity contribution in [3.8, 4) is 0 Å². The molecule has 0 N–H and O–H groups in total. The average Bonchev–Trinajstić information content (AvgIpc) is 2.54. The lowest BCUT2D eigenvalue weighted by atomic mass is 10.1. The van der Waals surface area contributed by atoms with Crippen molar-refractivity contribution in [2.45, 2.75) is 38.4 Å². The van der Waals surface area contributed by atoms with Gasteiger partial charge in [-0.15, -0.1) is 0 Å². The van der Waals surface area contributed by atoms with E-state index in [1.165, 1.54) is 0 Å². The number of hydrogen-bond donors (Lipinski definition) is 0. The lowest BCUT2D eigenvalue weighted by Crippen LogP contribution is -2.25. The molecular formula is C10H20O5S2. The summed E-state index contributed by atoms with van der Waals surface area (Å²) in [6, 6.07) is 0. The Labute approximate surface area is 104 Å². The van der Waals surface area contributed by atoms with Crippen molar-refractivity contribution in [3.63, 3.8) is 0 Å². The highest BCUT2D eigenvalue weighted by molar-refractivity contribution is 7.94. The van der Waals surface area contributed by atoms with Crippen LogP contribution in [0, 0.1) is 5.92 Å². The van der Waals surface area contributed by atoms with Gasteiger partial charge >= 0.3 is 0 Å². The molecule has 0 spiro atoms. The van der Waals surface area contributed by atoms with Crippen molar-refractivity contribution in [3.05, 3.63) is 0 Å². The van der Waals surface area contributed by atoms with E-state index in [1.54, 1.807) is 0 Å². The van der Waals surface area contributed by atoms with E-state index in [9.17, 15) is 16.8 Å². The molecule has 0 radical (unpaired) electrons. The summed E-state index contributed by atoms with van der Waals surface area (Å²) >= 11 is 0. The van der Waals surface area contributed by atoms with Gasteiger partial charge in [-0.2, -0.15) is 8.42 Å². The Morgan fingerprint density at radius 2 is 2.00 bits per heavy atom. The first kappa shape index (κ1) is 14.9. The first-order chi connectivity index (χ1) is 7.73. The minimum atomic E-state index is -3.71. The molecule has 1 saturated heterocycles. The van der Waals surface area contributed by atoms with Crippen molar-refractivity contribution in [2.75, 3.05) is 18.1 Å². The third-order valence-corrected chi connectivity index (χ3v) is 6.47. The van der Waals surface area contributed by atoms with Crippen LogP contribution in [0.3, 0.4) is 0 Å². The maximum atomic E-state index is 11.7. The molecule has 0 saturated carbocycles. The zero-order valence-corrected chi connectivity index (χ0v) is 11.9. The van der Waals surface area contributed by atoms with E-state index >= 15 is 0 Å². The van der Waals surface area contributed by atoms with E-state index in [1.807, 2.05) is 0 Å². The molecule has 1 fully saturated rings. The molecule has 1 rings (SSSR count). The van der Waals surface area contributed by atoms with E-state index < -0.39 is 25.2 Å². The number of rotatable bonds is 6. The molecule has 0 aromatic carbocycles. The smallest absolute Gasteiger partial charge is 0.270 e. The topological polar surface area (TPSA) is 77.5 Å². The maximum Gasteiger partial charge on any atom is 0.271 e. The summed E-state index contributed by atoms with van der Waals surface area (Å²) in [4.78, 5) is 0. The van der Waals surface area contributed by atoms with Gasteiger partial charge in [0.1, 0.15) is 5.25 Å². The average molecular weight is 284 g/mol. The Bertz CT molecular complexity index is 435. The SMILES string of the molecule is CC(C)CCCOS(=O)(=O)[C@H]1CCS(=O)(=O)C1. The van der Waals surface area contributed by atoms with Crippen molar-refractivity contribution in [1.29, 1.82) is 0 Å². The van der Waals surface area contributed by atoms with Crippen molar-refractivity contribution >= 4 is 20.0 Å². The van der Waals surface area contributed by atoms with Gasteiger partial charge in [-0.3, -0.25) is 4.18 Å². The molecule has 1 aliphatic rings. The van der Waals surface area contributed by atoms with Gasteiger partial charge in [0.15, 0.2) is 9.84 Å². The normalized spacial score (nSPS) is 24.3. The Morgan fingerprint density at radius 3 is 2.47 bits per heavy atom. The molecule has 0 bridgehead atoms. The summed E-state index contributed by atoms with van der Waals surface area (Å²) in [5.74, 6) is 0.166. The number of hydrogen-bond acceptors (Lipinski definition) is 5. The van der Waals surface area contributed by atoms with Crippen LogP contribution in [-0.2, 0) is 24.1 Å². The van der Waals surface area contributed by atoms with Gasteiger partial charge in [0, 0.05) is 0 Å². The lowest BCUT2D eigenvalue weighted by Gasteiger charge is -2.10. The van der Waals surface area contributed by atoms with Crippen LogP contribution in [0.4, 0.5) is 0 Å². The quantitative estimate of drug-likeness (QED) is 0.536. The van der Waals surface area contributed by atoms with Crippen molar-refractivity contribution in [2.24, 2.45) is 5.92 Å². The second-order valence-corrected chi connectivity index (χ2v) is 8.99. The molecule has 17 heavy (non-hydrogen) atoms. The van der Waals surface area contributed by atoms with Crippen LogP contribution >= 0.6 is 0 Å². The Morgan fingerprint density at radius 1 is 1.35 bits per heavy atom. The second kappa shape index (κ2) is 5.67. The van der Waals surface area contributed by atoms with Crippen LogP contribution in [0.25, 0.3) is 0 Å². The molecule has 102 valence electrons. The summed E-state index contributed by atoms with van der Waals surface area (Å²) in [5, 5.41) is -0.869. The summed E-state index contributed by atoms with van der Waals surface area (Å²) < 4.78 is 50.6. The zero-order valence-electron chi connectivity index (χ0n) is 10.3. The molecular weight excluding hydrogens is 264 g/mol. The van der Waals surface area contributed by atoms with Gasteiger partial charge < -0.3 is 0 Å². The summed E-state index contributed by atoms with van der Waals surface area (Å²) in [7, 11) is -6.89. The number of sulfone groups is 1. The van der Waals surface area contributed by atoms with Crippen LogP contribution in [0.2, 0.25) is 0 Å². The molecule has 0 unspecified atom stereocenters. The van der Waals surface area contributed by atoms with Gasteiger partial charge in [-0.1, -0.05) is 13.8 Å². The highest BCUT2D eigenvalue weighted by Crippen LogP contribution is 2.20. The molecule has 0 amide bonds. The predicted octanol–water partition coefficient (Wildman–Crippen LogP) is 0.956. The molecule has 1 aliphatic heterocycles. The highest BCUT2D eigenvalue weighted by Gasteiger charge is 2.37. The molecule has 0 aliphatic carbocycles. The summed E-state index contributed by atoms with van der Waals surface area (Å²) in [6.45, 7) is 4.26. The highest BCUT2D eigenvalue weighted by atomic mass is 32.2. The molecule has 0 aromatic heterocycles. The first-order valence-corrected chi connectivity index (χ1v) is 9.11. The van der Waals surface area contributed by atoms with Crippen molar-refractivity contribution in [1.82, 2.24) is 0 Å². The largest absolute Gasteiger partial charge is 0.271 e. The third kappa shape index (κ3) is 4.93. The lowest BCUT2D eigenvalue weighted by molar-refractivity contribution is 0.295. The fraction of sp³-hybridized carbons (Fsp3) is 1.00. The van der Waals surface area contributed by atoms with E-state index in [0.717, 1.165) is 6.42 Å². The molecule has 1 atom stereocenters. The van der Waals surface area contributed by atoms with E-state index in [-0.39, 0.29) is 24.5 Å². The van der Waals surface area contributed by atoms with E-state index in [2.05, 4.69) is 13.8 Å². The fourth-order valence-electron chi connectivity index (χ4n) is 1.75. The van der Waals surface area contributed by atoms with Gasteiger partial charge in [-0.05, 0) is 25.2 Å². The predicted molar refractivity (Wildman–Crippen MR) is 66.0 cm³/mol. The Balaban J connectivity index is 2.42. The molecule has 5 nitrogen and oxygen atoms in total. The minimum Gasteiger partial charge on any atom is -0.270 e.